The first-order chi connectivity index (χ1) is 11.7. The van der Waals surface area contributed by atoms with Crippen molar-refractivity contribution in [2.45, 2.75) is 43.9 Å². The van der Waals surface area contributed by atoms with Gasteiger partial charge in [0, 0.05) is 44.9 Å². The Morgan fingerprint density at radius 1 is 1.25 bits per heavy atom. The van der Waals surface area contributed by atoms with Crippen LogP contribution in [0.2, 0.25) is 0 Å². The van der Waals surface area contributed by atoms with Gasteiger partial charge in [0.25, 0.3) is 0 Å². The third kappa shape index (κ3) is 2.84. The summed E-state index contributed by atoms with van der Waals surface area (Å²) in [6, 6.07) is 10.7. The van der Waals surface area contributed by atoms with Gasteiger partial charge in [-0.2, -0.15) is 0 Å². The standard InChI is InChI=1S/C19H24N4O/c1-23(2)18-20-11-8-14(22-18)13-21-16-12-19(9-5-10-19)24-17-7-4-3-6-15(16)17/h3-4,6-8,11,16,21H,5,9-10,12-13H2,1-2H3/t16-/m0/s1. The van der Waals surface area contributed by atoms with Crippen LogP contribution in [0.4, 0.5) is 5.95 Å². The van der Waals surface area contributed by atoms with Gasteiger partial charge in [0.1, 0.15) is 11.4 Å². The Morgan fingerprint density at radius 3 is 2.83 bits per heavy atom. The molecule has 126 valence electrons. The molecule has 2 aliphatic rings. The highest BCUT2D eigenvalue weighted by Gasteiger charge is 2.45. The van der Waals surface area contributed by atoms with Gasteiger partial charge in [0.15, 0.2) is 0 Å². The molecule has 24 heavy (non-hydrogen) atoms. The first-order valence-corrected chi connectivity index (χ1v) is 8.66. The second kappa shape index (κ2) is 6.06. The average molecular weight is 324 g/mol. The fraction of sp³-hybridized carbons (Fsp3) is 0.474. The Labute approximate surface area is 143 Å². The van der Waals surface area contributed by atoms with Gasteiger partial charge < -0.3 is 15.0 Å². The Morgan fingerprint density at radius 2 is 2.08 bits per heavy atom. The molecule has 1 aliphatic heterocycles. The summed E-state index contributed by atoms with van der Waals surface area (Å²) in [5.41, 5.74) is 2.32. The smallest absolute Gasteiger partial charge is 0.225 e. The van der Waals surface area contributed by atoms with Crippen molar-refractivity contribution in [3.05, 3.63) is 47.8 Å². The van der Waals surface area contributed by atoms with E-state index >= 15 is 0 Å². The molecule has 1 aromatic carbocycles. The summed E-state index contributed by atoms with van der Waals surface area (Å²) in [6.45, 7) is 0.735. The molecule has 0 radical (unpaired) electrons. The highest BCUT2D eigenvalue weighted by molar-refractivity contribution is 5.39. The lowest BCUT2D eigenvalue weighted by Gasteiger charge is -2.48. The highest BCUT2D eigenvalue weighted by Crippen LogP contribution is 2.48. The molecule has 1 spiro atoms. The van der Waals surface area contributed by atoms with E-state index in [4.69, 9.17) is 4.74 Å². The molecule has 1 atom stereocenters. The summed E-state index contributed by atoms with van der Waals surface area (Å²) < 4.78 is 6.32. The Hall–Kier alpha value is -2.14. The minimum absolute atomic E-state index is 0.0481. The van der Waals surface area contributed by atoms with E-state index in [0.717, 1.165) is 43.2 Å². The van der Waals surface area contributed by atoms with E-state index in [9.17, 15) is 0 Å². The maximum Gasteiger partial charge on any atom is 0.225 e. The molecule has 1 N–H and O–H groups in total. The van der Waals surface area contributed by atoms with Gasteiger partial charge in [-0.3, -0.25) is 0 Å². The van der Waals surface area contributed by atoms with Crippen LogP contribution in [0, 0.1) is 0 Å². The van der Waals surface area contributed by atoms with Crippen molar-refractivity contribution < 1.29 is 4.74 Å². The van der Waals surface area contributed by atoms with E-state index in [1.807, 2.05) is 31.3 Å². The predicted octanol–water partition coefficient (Wildman–Crippen LogP) is 3.08. The number of fused-ring (bicyclic) bond motifs is 1. The van der Waals surface area contributed by atoms with Crippen LogP contribution in [0.5, 0.6) is 5.75 Å². The number of hydrogen-bond donors (Lipinski definition) is 1. The number of aromatic nitrogens is 2. The number of para-hydroxylation sites is 1. The lowest BCUT2D eigenvalue weighted by Crippen LogP contribution is -2.49. The summed E-state index contributed by atoms with van der Waals surface area (Å²) in [5, 5.41) is 3.69. The van der Waals surface area contributed by atoms with E-state index in [1.54, 1.807) is 0 Å². The second-order valence-electron chi connectivity index (χ2n) is 7.06. The summed E-state index contributed by atoms with van der Waals surface area (Å²) in [4.78, 5) is 10.8. The van der Waals surface area contributed by atoms with Crippen LogP contribution in [-0.4, -0.2) is 29.7 Å². The minimum atomic E-state index is 0.0481. The maximum atomic E-state index is 6.32. The van der Waals surface area contributed by atoms with E-state index in [1.165, 1.54) is 12.0 Å². The zero-order valence-electron chi connectivity index (χ0n) is 14.3. The fourth-order valence-electron chi connectivity index (χ4n) is 3.60. The first kappa shape index (κ1) is 15.4. The largest absolute Gasteiger partial charge is 0.487 e. The third-order valence-corrected chi connectivity index (χ3v) is 5.09. The average Bonchev–Trinajstić information content (AvgIpc) is 2.58. The number of ether oxygens (including phenoxy) is 1. The molecule has 1 aliphatic carbocycles. The lowest BCUT2D eigenvalue weighted by atomic mass is 9.73. The number of hydrogen-bond acceptors (Lipinski definition) is 5. The van der Waals surface area contributed by atoms with Gasteiger partial charge in [0.05, 0.1) is 5.69 Å². The van der Waals surface area contributed by atoms with Crippen molar-refractivity contribution in [1.82, 2.24) is 15.3 Å². The quantitative estimate of drug-likeness (QED) is 0.936. The number of anilines is 1. The molecule has 0 saturated heterocycles. The van der Waals surface area contributed by atoms with Crippen molar-refractivity contribution in [2.75, 3.05) is 19.0 Å². The Bertz CT molecular complexity index is 727. The van der Waals surface area contributed by atoms with Crippen LogP contribution in [-0.2, 0) is 6.54 Å². The summed E-state index contributed by atoms with van der Waals surface area (Å²) in [7, 11) is 3.92. The minimum Gasteiger partial charge on any atom is -0.487 e. The molecular weight excluding hydrogens is 300 g/mol. The summed E-state index contributed by atoms with van der Waals surface area (Å²) in [5.74, 6) is 1.79. The molecule has 0 bridgehead atoms. The predicted molar refractivity (Wildman–Crippen MR) is 94.2 cm³/mol. The van der Waals surface area contributed by atoms with E-state index < -0.39 is 0 Å². The monoisotopic (exact) mass is 324 g/mol. The van der Waals surface area contributed by atoms with Gasteiger partial charge in [-0.1, -0.05) is 18.2 Å². The molecular formula is C19H24N4O. The van der Waals surface area contributed by atoms with Crippen LogP contribution >= 0.6 is 0 Å². The van der Waals surface area contributed by atoms with Crippen LogP contribution in [0.15, 0.2) is 36.5 Å². The number of nitrogens with zero attached hydrogens (tertiary/aromatic N) is 3. The number of nitrogens with one attached hydrogen (secondary N) is 1. The summed E-state index contributed by atoms with van der Waals surface area (Å²) in [6.07, 6.45) is 6.46. The fourth-order valence-corrected chi connectivity index (χ4v) is 3.60. The van der Waals surface area contributed by atoms with Gasteiger partial charge in [0.2, 0.25) is 5.95 Å². The van der Waals surface area contributed by atoms with Gasteiger partial charge in [-0.05, 0) is 31.4 Å². The van der Waals surface area contributed by atoms with Crippen molar-refractivity contribution in [3.63, 3.8) is 0 Å². The molecule has 1 aromatic heterocycles. The Kier molecular flexibility index (Phi) is 3.88. The molecule has 2 heterocycles. The molecule has 0 unspecified atom stereocenters. The van der Waals surface area contributed by atoms with Gasteiger partial charge >= 0.3 is 0 Å². The number of benzene rings is 1. The van der Waals surface area contributed by atoms with E-state index in [-0.39, 0.29) is 5.60 Å². The molecule has 0 amide bonds. The SMILES string of the molecule is CN(C)c1nccc(CN[C@H]2CC3(CCC3)Oc3ccccc32)n1. The van der Waals surface area contributed by atoms with Gasteiger partial charge in [-0.15, -0.1) is 0 Å². The van der Waals surface area contributed by atoms with Crippen LogP contribution in [0.25, 0.3) is 0 Å². The van der Waals surface area contributed by atoms with Crippen molar-refractivity contribution in [3.8, 4) is 5.75 Å². The van der Waals surface area contributed by atoms with Crippen molar-refractivity contribution in [1.29, 1.82) is 0 Å². The van der Waals surface area contributed by atoms with Crippen LogP contribution in [0.3, 0.4) is 0 Å². The molecule has 2 aromatic rings. The molecule has 1 fully saturated rings. The number of rotatable bonds is 4. The third-order valence-electron chi connectivity index (χ3n) is 5.09. The van der Waals surface area contributed by atoms with Crippen molar-refractivity contribution in [2.24, 2.45) is 0 Å². The zero-order chi connectivity index (χ0) is 16.6. The molecule has 5 heteroatoms. The first-order valence-electron chi connectivity index (χ1n) is 8.66. The van der Waals surface area contributed by atoms with Crippen LogP contribution < -0.4 is 15.0 Å². The molecule has 1 saturated carbocycles. The second-order valence-corrected chi connectivity index (χ2v) is 7.06. The van der Waals surface area contributed by atoms with Gasteiger partial charge in [-0.25, -0.2) is 9.97 Å². The van der Waals surface area contributed by atoms with E-state index in [2.05, 4.69) is 39.6 Å². The topological polar surface area (TPSA) is 50.3 Å². The van der Waals surface area contributed by atoms with Crippen LogP contribution in [0.1, 0.15) is 43.0 Å². The maximum absolute atomic E-state index is 6.32. The van der Waals surface area contributed by atoms with E-state index in [0.29, 0.717) is 6.04 Å². The zero-order valence-corrected chi connectivity index (χ0v) is 14.3. The highest BCUT2D eigenvalue weighted by atomic mass is 16.5. The van der Waals surface area contributed by atoms with Crippen molar-refractivity contribution >= 4 is 5.95 Å². The normalized spacial score (nSPS) is 20.8. The molecule has 5 nitrogen and oxygen atoms in total. The lowest BCUT2D eigenvalue weighted by molar-refractivity contribution is -0.0371. The summed E-state index contributed by atoms with van der Waals surface area (Å²) >= 11 is 0. The Balaban J connectivity index is 1.52. The molecule has 4 rings (SSSR count).